The molecule has 2 nitrogen and oxygen atoms in total. The maximum Gasteiger partial charge on any atom is 0.0932 e. The summed E-state index contributed by atoms with van der Waals surface area (Å²) < 4.78 is 5.38. The summed E-state index contributed by atoms with van der Waals surface area (Å²) in [5.74, 6) is 1.32. The quantitative estimate of drug-likeness (QED) is 0.785. The van der Waals surface area contributed by atoms with Crippen LogP contribution in [-0.4, -0.2) is 18.2 Å². The molecule has 2 atom stereocenters. The number of ether oxygens (including phenoxy) is 1. The zero-order valence-corrected chi connectivity index (χ0v) is 10.3. The highest BCUT2D eigenvalue weighted by Gasteiger charge is 2.18. The van der Waals surface area contributed by atoms with Gasteiger partial charge in [0.05, 0.1) is 10.7 Å². The highest BCUT2D eigenvalue weighted by Crippen LogP contribution is 2.24. The van der Waals surface area contributed by atoms with Crippen LogP contribution >= 0.6 is 11.3 Å². The third-order valence-electron chi connectivity index (χ3n) is 3.17. The van der Waals surface area contributed by atoms with E-state index in [2.05, 4.69) is 19.2 Å². The molecular weight excluding hydrogens is 206 g/mol. The molecule has 0 aliphatic carbocycles. The summed E-state index contributed by atoms with van der Waals surface area (Å²) in [5, 5.41) is 3.51. The average molecular weight is 225 g/mol. The van der Waals surface area contributed by atoms with E-state index in [4.69, 9.17) is 9.72 Å². The molecule has 3 heteroatoms. The van der Waals surface area contributed by atoms with Gasteiger partial charge >= 0.3 is 0 Å². The summed E-state index contributed by atoms with van der Waals surface area (Å²) in [6.45, 7) is 6.33. The van der Waals surface area contributed by atoms with Crippen LogP contribution in [0.5, 0.6) is 0 Å². The molecule has 2 rings (SSSR count). The Morgan fingerprint density at radius 1 is 1.67 bits per heavy atom. The second kappa shape index (κ2) is 5.08. The second-order valence-corrected chi connectivity index (χ2v) is 5.35. The van der Waals surface area contributed by atoms with Crippen LogP contribution in [0.3, 0.4) is 0 Å². The maximum atomic E-state index is 5.38. The summed E-state index contributed by atoms with van der Waals surface area (Å²) in [6.07, 6.45) is 3.50. The zero-order valence-electron chi connectivity index (χ0n) is 9.53. The minimum Gasteiger partial charge on any atom is -0.381 e. The van der Waals surface area contributed by atoms with Gasteiger partial charge in [-0.1, -0.05) is 13.8 Å². The number of thiazole rings is 1. The molecule has 1 aromatic heterocycles. The van der Waals surface area contributed by atoms with Crippen LogP contribution in [-0.2, 0) is 11.2 Å². The fraction of sp³-hybridized carbons (Fsp3) is 0.750. The smallest absolute Gasteiger partial charge is 0.0932 e. The van der Waals surface area contributed by atoms with Gasteiger partial charge in [-0.3, -0.25) is 0 Å². The van der Waals surface area contributed by atoms with Crippen molar-refractivity contribution in [3.05, 3.63) is 16.1 Å². The molecule has 2 unspecified atom stereocenters. The highest BCUT2D eigenvalue weighted by atomic mass is 32.1. The number of hydrogen-bond acceptors (Lipinski definition) is 3. The summed E-state index contributed by atoms with van der Waals surface area (Å²) >= 11 is 1.81. The van der Waals surface area contributed by atoms with Crippen molar-refractivity contribution in [3.63, 3.8) is 0 Å². The summed E-state index contributed by atoms with van der Waals surface area (Å²) in [4.78, 5) is 4.71. The second-order valence-electron chi connectivity index (χ2n) is 4.41. The standard InChI is InChI=1S/C12H19NOS/c1-3-9(2)11-8-15-12(13-11)6-10-4-5-14-7-10/h8-10H,3-7H2,1-2H3. The molecule has 1 fully saturated rings. The molecule has 0 spiro atoms. The van der Waals surface area contributed by atoms with E-state index in [1.54, 1.807) is 0 Å². The van der Waals surface area contributed by atoms with Gasteiger partial charge < -0.3 is 4.74 Å². The van der Waals surface area contributed by atoms with Gasteiger partial charge in [-0.15, -0.1) is 11.3 Å². The van der Waals surface area contributed by atoms with Gasteiger partial charge in [-0.25, -0.2) is 4.98 Å². The molecule has 2 heterocycles. The van der Waals surface area contributed by atoms with Crippen molar-refractivity contribution in [2.24, 2.45) is 5.92 Å². The summed E-state index contributed by atoms with van der Waals surface area (Å²) in [5.41, 5.74) is 1.27. The van der Waals surface area contributed by atoms with E-state index in [-0.39, 0.29) is 0 Å². The van der Waals surface area contributed by atoms with E-state index in [1.165, 1.54) is 23.5 Å². The third kappa shape index (κ3) is 2.79. The molecule has 0 amide bonds. The van der Waals surface area contributed by atoms with Crippen LogP contribution in [0.1, 0.15) is 43.3 Å². The minimum atomic E-state index is 0.606. The van der Waals surface area contributed by atoms with E-state index in [0.717, 1.165) is 19.6 Å². The van der Waals surface area contributed by atoms with Crippen molar-refractivity contribution in [2.75, 3.05) is 13.2 Å². The molecule has 1 saturated heterocycles. The Morgan fingerprint density at radius 3 is 3.20 bits per heavy atom. The Morgan fingerprint density at radius 2 is 2.53 bits per heavy atom. The summed E-state index contributed by atoms with van der Waals surface area (Å²) in [7, 11) is 0. The van der Waals surface area contributed by atoms with Crippen LogP contribution < -0.4 is 0 Å². The van der Waals surface area contributed by atoms with Gasteiger partial charge in [0.25, 0.3) is 0 Å². The molecule has 0 bridgehead atoms. The van der Waals surface area contributed by atoms with Crippen LogP contribution in [0.2, 0.25) is 0 Å². The predicted molar refractivity (Wildman–Crippen MR) is 63.5 cm³/mol. The van der Waals surface area contributed by atoms with Crippen molar-refractivity contribution in [1.82, 2.24) is 4.98 Å². The van der Waals surface area contributed by atoms with Gasteiger partial charge in [-0.2, -0.15) is 0 Å². The topological polar surface area (TPSA) is 22.1 Å². The van der Waals surface area contributed by atoms with Crippen LogP contribution in [0.25, 0.3) is 0 Å². The van der Waals surface area contributed by atoms with Crippen molar-refractivity contribution in [2.45, 2.75) is 39.0 Å². The highest BCUT2D eigenvalue weighted by molar-refractivity contribution is 7.09. The molecule has 0 saturated carbocycles. The first-order valence-corrected chi connectivity index (χ1v) is 6.69. The first-order chi connectivity index (χ1) is 7.29. The molecule has 84 valence electrons. The van der Waals surface area contributed by atoms with Gasteiger partial charge in [-0.05, 0) is 24.7 Å². The normalized spacial score (nSPS) is 23.2. The van der Waals surface area contributed by atoms with Crippen molar-refractivity contribution in [3.8, 4) is 0 Å². The number of rotatable bonds is 4. The Kier molecular flexibility index (Phi) is 3.76. The number of aromatic nitrogens is 1. The van der Waals surface area contributed by atoms with E-state index < -0.39 is 0 Å². The Balaban J connectivity index is 1.94. The van der Waals surface area contributed by atoms with Gasteiger partial charge in [0, 0.05) is 25.0 Å². The van der Waals surface area contributed by atoms with Gasteiger partial charge in [0.15, 0.2) is 0 Å². The fourth-order valence-electron chi connectivity index (χ4n) is 1.85. The van der Waals surface area contributed by atoms with E-state index in [1.807, 2.05) is 11.3 Å². The van der Waals surface area contributed by atoms with E-state index in [0.29, 0.717) is 11.8 Å². The predicted octanol–water partition coefficient (Wildman–Crippen LogP) is 3.24. The summed E-state index contributed by atoms with van der Waals surface area (Å²) in [6, 6.07) is 0. The molecule has 1 aromatic rings. The fourth-order valence-corrected chi connectivity index (χ4v) is 2.88. The van der Waals surface area contributed by atoms with Crippen LogP contribution in [0.4, 0.5) is 0 Å². The third-order valence-corrected chi connectivity index (χ3v) is 4.06. The molecule has 0 aromatic carbocycles. The van der Waals surface area contributed by atoms with Crippen LogP contribution in [0.15, 0.2) is 5.38 Å². The first-order valence-electron chi connectivity index (χ1n) is 5.81. The SMILES string of the molecule is CCC(C)c1csc(CC2CCOC2)n1. The Labute approximate surface area is 95.7 Å². The number of hydrogen-bond donors (Lipinski definition) is 0. The largest absolute Gasteiger partial charge is 0.381 e. The van der Waals surface area contributed by atoms with Gasteiger partial charge in [0.1, 0.15) is 0 Å². The lowest BCUT2D eigenvalue weighted by Crippen LogP contribution is -2.03. The monoisotopic (exact) mass is 225 g/mol. The lowest BCUT2D eigenvalue weighted by molar-refractivity contribution is 0.186. The van der Waals surface area contributed by atoms with Crippen LogP contribution in [0, 0.1) is 5.92 Å². The van der Waals surface area contributed by atoms with E-state index in [9.17, 15) is 0 Å². The first kappa shape index (κ1) is 11.1. The van der Waals surface area contributed by atoms with Crippen molar-refractivity contribution < 1.29 is 4.74 Å². The Bertz CT molecular complexity index is 304. The molecule has 0 N–H and O–H groups in total. The molecule has 15 heavy (non-hydrogen) atoms. The lowest BCUT2D eigenvalue weighted by Gasteiger charge is -2.04. The Hall–Kier alpha value is -0.410. The molecule has 1 aliphatic heterocycles. The minimum absolute atomic E-state index is 0.606. The maximum absolute atomic E-state index is 5.38. The number of nitrogens with zero attached hydrogens (tertiary/aromatic N) is 1. The van der Waals surface area contributed by atoms with Gasteiger partial charge in [0.2, 0.25) is 0 Å². The zero-order chi connectivity index (χ0) is 10.7. The van der Waals surface area contributed by atoms with Crippen molar-refractivity contribution >= 4 is 11.3 Å². The molecule has 1 aliphatic rings. The molecule has 0 radical (unpaired) electrons. The van der Waals surface area contributed by atoms with Crippen molar-refractivity contribution in [1.29, 1.82) is 0 Å². The molecular formula is C12H19NOS. The van der Waals surface area contributed by atoms with E-state index >= 15 is 0 Å². The lowest BCUT2D eigenvalue weighted by atomic mass is 10.1. The average Bonchev–Trinajstić information content (AvgIpc) is 2.88.